The second-order valence-electron chi connectivity index (χ2n) is 7.45. The van der Waals surface area contributed by atoms with Crippen molar-refractivity contribution in [3.63, 3.8) is 0 Å². The van der Waals surface area contributed by atoms with Gasteiger partial charge in [0.25, 0.3) is 0 Å². The minimum Gasteiger partial charge on any atom is -0.459 e. The number of para-hydroxylation sites is 1. The van der Waals surface area contributed by atoms with Gasteiger partial charge in [0.1, 0.15) is 17.1 Å². The lowest BCUT2D eigenvalue weighted by atomic mass is 9.81. The maximum Gasteiger partial charge on any atom is 0.314 e. The van der Waals surface area contributed by atoms with Crippen molar-refractivity contribution in [2.75, 3.05) is 6.54 Å². The van der Waals surface area contributed by atoms with Crippen LogP contribution in [0.2, 0.25) is 5.02 Å². The SMILES string of the molecule is CC(C)(C)OC(=O)C1c2ccccc2Oc2ccc(Cl)cc2C1C[N+](=O)[O-]. The molecule has 0 fully saturated rings. The van der Waals surface area contributed by atoms with Gasteiger partial charge >= 0.3 is 5.97 Å². The minimum atomic E-state index is -0.884. The average Bonchev–Trinajstić information content (AvgIpc) is 2.67. The van der Waals surface area contributed by atoms with Crippen LogP contribution >= 0.6 is 11.6 Å². The Balaban J connectivity index is 2.21. The van der Waals surface area contributed by atoms with Crippen molar-refractivity contribution in [2.45, 2.75) is 38.2 Å². The van der Waals surface area contributed by atoms with Gasteiger partial charge in [-0.05, 0) is 45.0 Å². The van der Waals surface area contributed by atoms with E-state index in [-0.39, 0.29) is 0 Å². The molecule has 142 valence electrons. The fourth-order valence-corrected chi connectivity index (χ4v) is 3.45. The molecular weight excluding hydrogens is 370 g/mol. The molecule has 0 amide bonds. The zero-order chi connectivity index (χ0) is 19.8. The van der Waals surface area contributed by atoms with E-state index in [1.807, 2.05) is 0 Å². The lowest BCUT2D eigenvalue weighted by molar-refractivity contribution is -0.483. The third kappa shape index (κ3) is 4.22. The van der Waals surface area contributed by atoms with Crippen LogP contribution < -0.4 is 4.74 Å². The summed E-state index contributed by atoms with van der Waals surface area (Å²) >= 11 is 6.14. The van der Waals surface area contributed by atoms with Crippen LogP contribution in [-0.4, -0.2) is 23.0 Å². The Labute approximate surface area is 162 Å². The highest BCUT2D eigenvalue weighted by Crippen LogP contribution is 2.47. The number of esters is 1. The van der Waals surface area contributed by atoms with E-state index in [2.05, 4.69) is 0 Å². The zero-order valence-corrected chi connectivity index (χ0v) is 16.0. The number of hydrogen-bond acceptors (Lipinski definition) is 5. The van der Waals surface area contributed by atoms with Crippen LogP contribution in [0.4, 0.5) is 0 Å². The fraction of sp³-hybridized carbons (Fsp3) is 0.350. The molecule has 2 aromatic rings. The number of hydrogen-bond donors (Lipinski definition) is 0. The molecule has 0 N–H and O–H groups in total. The van der Waals surface area contributed by atoms with Crippen LogP contribution in [0, 0.1) is 10.1 Å². The molecule has 0 radical (unpaired) electrons. The van der Waals surface area contributed by atoms with Gasteiger partial charge in [0.15, 0.2) is 0 Å². The van der Waals surface area contributed by atoms with Crippen LogP contribution in [0.5, 0.6) is 11.5 Å². The summed E-state index contributed by atoms with van der Waals surface area (Å²) in [5, 5.41) is 11.8. The Morgan fingerprint density at radius 2 is 1.85 bits per heavy atom. The summed E-state index contributed by atoms with van der Waals surface area (Å²) in [6, 6.07) is 12.0. The van der Waals surface area contributed by atoms with Crippen molar-refractivity contribution >= 4 is 17.6 Å². The lowest BCUT2D eigenvalue weighted by Gasteiger charge is -2.27. The molecule has 1 aliphatic heterocycles. The zero-order valence-electron chi connectivity index (χ0n) is 15.3. The third-order valence-corrected chi connectivity index (χ3v) is 4.49. The maximum atomic E-state index is 13.1. The molecule has 27 heavy (non-hydrogen) atoms. The number of nitro groups is 1. The van der Waals surface area contributed by atoms with E-state index in [9.17, 15) is 14.9 Å². The van der Waals surface area contributed by atoms with Crippen molar-refractivity contribution in [1.82, 2.24) is 0 Å². The largest absolute Gasteiger partial charge is 0.459 e. The summed E-state index contributed by atoms with van der Waals surface area (Å²) in [6.45, 7) is 4.83. The summed E-state index contributed by atoms with van der Waals surface area (Å²) in [5.41, 5.74) is 0.354. The number of carbonyl (C=O) groups is 1. The summed E-state index contributed by atoms with van der Waals surface area (Å²) in [6.07, 6.45) is 0. The third-order valence-electron chi connectivity index (χ3n) is 4.25. The number of halogens is 1. The number of nitrogens with zero attached hydrogens (tertiary/aromatic N) is 1. The van der Waals surface area contributed by atoms with Crippen molar-refractivity contribution in [3.8, 4) is 11.5 Å². The van der Waals surface area contributed by atoms with E-state index < -0.39 is 34.9 Å². The molecule has 0 saturated carbocycles. The van der Waals surface area contributed by atoms with Crippen LogP contribution in [0.1, 0.15) is 43.7 Å². The second-order valence-corrected chi connectivity index (χ2v) is 7.89. The van der Waals surface area contributed by atoms with Gasteiger partial charge in [0.2, 0.25) is 6.54 Å². The van der Waals surface area contributed by atoms with Gasteiger partial charge in [-0.1, -0.05) is 29.8 Å². The molecule has 0 bridgehead atoms. The smallest absolute Gasteiger partial charge is 0.314 e. The number of fused-ring (bicyclic) bond motifs is 2. The van der Waals surface area contributed by atoms with E-state index >= 15 is 0 Å². The molecule has 2 unspecified atom stereocenters. The van der Waals surface area contributed by atoms with Crippen LogP contribution in [0.25, 0.3) is 0 Å². The normalized spacial score (nSPS) is 18.5. The molecule has 1 heterocycles. The van der Waals surface area contributed by atoms with Gasteiger partial charge in [-0.15, -0.1) is 0 Å². The van der Waals surface area contributed by atoms with Crippen molar-refractivity contribution < 1.29 is 19.2 Å². The van der Waals surface area contributed by atoms with Crippen LogP contribution in [0.15, 0.2) is 42.5 Å². The topological polar surface area (TPSA) is 78.7 Å². The molecule has 0 aliphatic carbocycles. The number of ether oxygens (including phenoxy) is 2. The predicted molar refractivity (Wildman–Crippen MR) is 101 cm³/mol. The van der Waals surface area contributed by atoms with Gasteiger partial charge in [0.05, 0.1) is 11.8 Å². The Hall–Kier alpha value is -2.60. The van der Waals surface area contributed by atoms with Crippen molar-refractivity contribution in [2.24, 2.45) is 0 Å². The van der Waals surface area contributed by atoms with Gasteiger partial charge in [-0.25, -0.2) is 0 Å². The highest BCUT2D eigenvalue weighted by Gasteiger charge is 2.42. The van der Waals surface area contributed by atoms with E-state index in [0.29, 0.717) is 27.6 Å². The first-order valence-electron chi connectivity index (χ1n) is 8.56. The first-order valence-corrected chi connectivity index (χ1v) is 8.94. The molecule has 2 atom stereocenters. The van der Waals surface area contributed by atoms with E-state index in [1.165, 1.54) is 0 Å². The Morgan fingerprint density at radius 1 is 1.19 bits per heavy atom. The molecule has 7 heteroatoms. The molecule has 6 nitrogen and oxygen atoms in total. The van der Waals surface area contributed by atoms with Gasteiger partial charge < -0.3 is 9.47 Å². The molecule has 2 aromatic carbocycles. The number of carbonyl (C=O) groups excluding carboxylic acids is 1. The quantitative estimate of drug-likeness (QED) is 0.422. The standard InChI is InChI=1S/C20H20ClNO5/c1-20(2,3)27-19(23)18-13-6-4-5-7-16(13)26-17-9-8-12(21)10-14(17)15(18)11-22(24)25/h4-10,15,18H,11H2,1-3H3. The molecule has 0 saturated heterocycles. The van der Waals surface area contributed by atoms with Crippen molar-refractivity contribution in [1.29, 1.82) is 0 Å². The highest BCUT2D eigenvalue weighted by molar-refractivity contribution is 6.30. The number of rotatable bonds is 3. The van der Waals surface area contributed by atoms with Gasteiger partial charge in [-0.2, -0.15) is 0 Å². The lowest BCUT2D eigenvalue weighted by Crippen LogP contribution is -2.32. The van der Waals surface area contributed by atoms with Gasteiger partial charge in [0, 0.05) is 21.1 Å². The Morgan fingerprint density at radius 3 is 2.52 bits per heavy atom. The molecule has 1 aliphatic rings. The highest BCUT2D eigenvalue weighted by atomic mass is 35.5. The first kappa shape index (κ1) is 19.2. The van der Waals surface area contributed by atoms with E-state index in [4.69, 9.17) is 21.1 Å². The summed E-state index contributed by atoms with van der Waals surface area (Å²) in [7, 11) is 0. The second kappa shape index (κ2) is 7.19. The maximum absolute atomic E-state index is 13.1. The fourth-order valence-electron chi connectivity index (χ4n) is 3.27. The molecule has 0 aromatic heterocycles. The minimum absolute atomic E-state index is 0.416. The molecule has 0 spiro atoms. The number of benzene rings is 2. The van der Waals surface area contributed by atoms with Crippen LogP contribution in [0.3, 0.4) is 0 Å². The van der Waals surface area contributed by atoms with Crippen LogP contribution in [-0.2, 0) is 9.53 Å². The van der Waals surface area contributed by atoms with Gasteiger partial charge in [-0.3, -0.25) is 14.9 Å². The summed E-state index contributed by atoms with van der Waals surface area (Å²) in [5.74, 6) is -1.26. The molecule has 3 rings (SSSR count). The average molecular weight is 390 g/mol. The predicted octanol–water partition coefficient (Wildman–Crippen LogP) is 4.93. The first-order chi connectivity index (χ1) is 12.7. The monoisotopic (exact) mass is 389 g/mol. The summed E-state index contributed by atoms with van der Waals surface area (Å²) in [4.78, 5) is 24.1. The Bertz CT molecular complexity index is 890. The summed E-state index contributed by atoms with van der Waals surface area (Å²) < 4.78 is 11.6. The Kier molecular flexibility index (Phi) is 5.11. The van der Waals surface area contributed by atoms with Crippen molar-refractivity contribution in [3.05, 3.63) is 68.7 Å². The van der Waals surface area contributed by atoms with E-state index in [0.717, 1.165) is 0 Å². The van der Waals surface area contributed by atoms with E-state index in [1.54, 1.807) is 63.2 Å². The molecular formula is C20H20ClNO5.